The third kappa shape index (κ3) is 3.61. The first-order valence-corrected chi connectivity index (χ1v) is 9.79. The van der Waals surface area contributed by atoms with E-state index in [1.165, 1.54) is 0 Å². The molecule has 6 nitrogen and oxygen atoms in total. The van der Waals surface area contributed by atoms with Crippen LogP contribution in [0.15, 0.2) is 64.6 Å². The van der Waals surface area contributed by atoms with E-state index in [0.717, 1.165) is 9.78 Å². The van der Waals surface area contributed by atoms with Crippen molar-refractivity contribution in [1.82, 2.24) is 9.80 Å². The van der Waals surface area contributed by atoms with Crippen molar-refractivity contribution in [1.29, 1.82) is 0 Å². The number of rotatable bonds is 7. The fraction of sp³-hybridized carbons (Fsp3) is 0.190. The molecule has 0 fully saturated rings. The molecule has 2 aromatic heterocycles. The van der Waals surface area contributed by atoms with Gasteiger partial charge >= 0.3 is 0 Å². The van der Waals surface area contributed by atoms with E-state index in [9.17, 15) is 14.4 Å². The number of carbonyl (C=O) groups is 3. The lowest BCUT2D eigenvalue weighted by Gasteiger charge is -2.24. The summed E-state index contributed by atoms with van der Waals surface area (Å²) in [5.74, 6) is -0.486. The Kier molecular flexibility index (Phi) is 5.08. The molecule has 0 aliphatic carbocycles. The van der Waals surface area contributed by atoms with Crippen LogP contribution in [-0.2, 0) is 17.8 Å². The van der Waals surface area contributed by atoms with Crippen molar-refractivity contribution in [2.45, 2.75) is 13.0 Å². The van der Waals surface area contributed by atoms with Gasteiger partial charge in [0.1, 0.15) is 12.3 Å². The number of fused-ring (bicyclic) bond motifs is 1. The Morgan fingerprint density at radius 3 is 2.36 bits per heavy atom. The summed E-state index contributed by atoms with van der Waals surface area (Å²) in [4.78, 5) is 41.9. The van der Waals surface area contributed by atoms with Crippen LogP contribution in [0.5, 0.6) is 0 Å². The minimum absolute atomic E-state index is 0.280. The average Bonchev–Trinajstić information content (AvgIpc) is 3.45. The average molecular weight is 394 g/mol. The van der Waals surface area contributed by atoms with E-state index in [1.807, 2.05) is 17.5 Å². The first kappa shape index (κ1) is 18.2. The van der Waals surface area contributed by atoms with Crippen LogP contribution in [0.4, 0.5) is 0 Å². The van der Waals surface area contributed by atoms with Gasteiger partial charge < -0.3 is 9.32 Å². The zero-order chi connectivity index (χ0) is 19.5. The number of imide groups is 1. The number of carbonyl (C=O) groups excluding carboxylic acids is 3. The molecule has 1 aliphatic rings. The summed E-state index contributed by atoms with van der Waals surface area (Å²) < 4.78 is 5.38. The number of nitrogens with zero attached hydrogens (tertiary/aromatic N) is 2. The van der Waals surface area contributed by atoms with Crippen LogP contribution in [-0.4, -0.2) is 40.6 Å². The maximum absolute atomic E-state index is 13.0. The van der Waals surface area contributed by atoms with Gasteiger partial charge in [-0.3, -0.25) is 19.3 Å². The summed E-state index contributed by atoms with van der Waals surface area (Å²) in [6, 6.07) is 14.2. The van der Waals surface area contributed by atoms with Crippen LogP contribution >= 0.6 is 11.3 Å². The standard InChI is InChI=1S/C21H18N2O4S/c24-19(14-23-20(25)17-7-1-2-8-18(17)21(23)26)22(13-15-5-3-11-27-15)10-9-16-6-4-12-28-16/h1-8,11-12H,9-10,13-14H2. The molecule has 0 radical (unpaired) electrons. The fourth-order valence-corrected chi connectivity index (χ4v) is 3.90. The summed E-state index contributed by atoms with van der Waals surface area (Å²) in [6.07, 6.45) is 2.26. The maximum Gasteiger partial charge on any atom is 0.262 e. The van der Waals surface area contributed by atoms with Gasteiger partial charge in [-0.1, -0.05) is 18.2 Å². The highest BCUT2D eigenvalue weighted by Gasteiger charge is 2.37. The smallest absolute Gasteiger partial charge is 0.262 e. The summed E-state index contributed by atoms with van der Waals surface area (Å²) in [5, 5.41) is 1.99. The molecule has 1 aromatic carbocycles. The van der Waals surface area contributed by atoms with E-state index in [4.69, 9.17) is 4.42 Å². The Morgan fingerprint density at radius 1 is 1.00 bits per heavy atom. The molecule has 0 bridgehead atoms. The van der Waals surface area contributed by atoms with Gasteiger partial charge in [0.05, 0.1) is 23.9 Å². The van der Waals surface area contributed by atoms with Gasteiger partial charge in [0, 0.05) is 11.4 Å². The van der Waals surface area contributed by atoms with Gasteiger partial charge in [-0.25, -0.2) is 0 Å². The lowest BCUT2D eigenvalue weighted by atomic mass is 10.1. The zero-order valence-electron chi connectivity index (χ0n) is 15.0. The molecule has 3 aromatic rings. The van der Waals surface area contributed by atoms with E-state index in [2.05, 4.69) is 0 Å². The molecule has 28 heavy (non-hydrogen) atoms. The van der Waals surface area contributed by atoms with Crippen molar-refractivity contribution >= 4 is 29.1 Å². The number of furan rings is 1. The summed E-state index contributed by atoms with van der Waals surface area (Å²) >= 11 is 1.63. The van der Waals surface area contributed by atoms with Crippen LogP contribution < -0.4 is 0 Å². The summed E-state index contributed by atoms with van der Waals surface area (Å²) in [7, 11) is 0. The molecule has 3 amide bonds. The van der Waals surface area contributed by atoms with Crippen molar-refractivity contribution in [3.63, 3.8) is 0 Å². The molecule has 0 unspecified atom stereocenters. The summed E-state index contributed by atoms with van der Waals surface area (Å²) in [6.45, 7) is 0.487. The molecule has 4 rings (SSSR count). The monoisotopic (exact) mass is 394 g/mol. The van der Waals surface area contributed by atoms with Gasteiger partial charge in [0.25, 0.3) is 11.8 Å². The van der Waals surface area contributed by atoms with Gasteiger partial charge in [-0.2, -0.15) is 0 Å². The zero-order valence-corrected chi connectivity index (χ0v) is 15.9. The Hall–Kier alpha value is -3.19. The summed E-state index contributed by atoms with van der Waals surface area (Å²) in [5.41, 5.74) is 0.688. The quantitative estimate of drug-likeness (QED) is 0.577. The van der Waals surface area contributed by atoms with Crippen molar-refractivity contribution in [3.05, 3.63) is 81.9 Å². The topological polar surface area (TPSA) is 70.8 Å². The van der Waals surface area contributed by atoms with E-state index < -0.39 is 11.8 Å². The number of hydrogen-bond donors (Lipinski definition) is 0. The van der Waals surface area contributed by atoms with Gasteiger partial charge in [-0.05, 0) is 42.1 Å². The predicted molar refractivity (Wildman–Crippen MR) is 104 cm³/mol. The Balaban J connectivity index is 1.49. The van der Waals surface area contributed by atoms with E-state index >= 15 is 0 Å². The van der Waals surface area contributed by atoms with Gasteiger partial charge in [0.2, 0.25) is 5.91 Å². The highest BCUT2D eigenvalue weighted by Crippen LogP contribution is 2.22. The third-order valence-corrected chi connectivity index (χ3v) is 5.60. The second kappa shape index (κ2) is 7.82. The number of amides is 3. The van der Waals surface area contributed by atoms with Crippen LogP contribution in [0.2, 0.25) is 0 Å². The van der Waals surface area contributed by atoms with Gasteiger partial charge in [0.15, 0.2) is 0 Å². The van der Waals surface area contributed by atoms with Crippen molar-refractivity contribution in [2.24, 2.45) is 0 Å². The molecular formula is C21H18N2O4S. The minimum atomic E-state index is -0.426. The Bertz CT molecular complexity index is 960. The third-order valence-electron chi connectivity index (χ3n) is 4.66. The lowest BCUT2D eigenvalue weighted by Crippen LogP contribution is -2.43. The number of thiophene rings is 1. The van der Waals surface area contributed by atoms with Crippen LogP contribution in [0.25, 0.3) is 0 Å². The van der Waals surface area contributed by atoms with E-state index in [1.54, 1.807) is 58.9 Å². The number of hydrogen-bond acceptors (Lipinski definition) is 5. The molecule has 0 atom stereocenters. The van der Waals surface area contributed by atoms with Gasteiger partial charge in [-0.15, -0.1) is 11.3 Å². The fourth-order valence-electron chi connectivity index (χ4n) is 3.20. The molecule has 0 saturated carbocycles. The van der Waals surface area contributed by atoms with Crippen LogP contribution in [0, 0.1) is 0 Å². The first-order valence-electron chi connectivity index (χ1n) is 8.91. The molecule has 142 valence electrons. The van der Waals surface area contributed by atoms with E-state index in [0.29, 0.717) is 36.4 Å². The van der Waals surface area contributed by atoms with Crippen molar-refractivity contribution in [3.8, 4) is 0 Å². The molecule has 7 heteroatoms. The van der Waals surface area contributed by atoms with Crippen LogP contribution in [0.1, 0.15) is 31.4 Å². The molecule has 0 N–H and O–H groups in total. The molecule has 3 heterocycles. The molecule has 0 saturated heterocycles. The first-order chi connectivity index (χ1) is 13.6. The highest BCUT2D eigenvalue weighted by atomic mass is 32.1. The molecule has 0 spiro atoms. The van der Waals surface area contributed by atoms with Crippen molar-refractivity contribution < 1.29 is 18.8 Å². The van der Waals surface area contributed by atoms with Crippen molar-refractivity contribution in [2.75, 3.05) is 13.1 Å². The largest absolute Gasteiger partial charge is 0.467 e. The normalized spacial score (nSPS) is 13.1. The molecule has 1 aliphatic heterocycles. The number of benzene rings is 1. The SMILES string of the molecule is O=C(CN1C(=O)c2ccccc2C1=O)N(CCc1cccs1)Cc1ccco1. The van der Waals surface area contributed by atoms with Crippen LogP contribution in [0.3, 0.4) is 0 Å². The van der Waals surface area contributed by atoms with E-state index in [-0.39, 0.29) is 12.5 Å². The molecular weight excluding hydrogens is 376 g/mol. The second-order valence-electron chi connectivity index (χ2n) is 6.47. The predicted octanol–water partition coefficient (Wildman–Crippen LogP) is 3.21. The Labute approximate surface area is 166 Å². The highest BCUT2D eigenvalue weighted by molar-refractivity contribution is 7.09. The maximum atomic E-state index is 13.0. The lowest BCUT2D eigenvalue weighted by molar-refractivity contribution is -0.132. The Morgan fingerprint density at radius 2 is 1.75 bits per heavy atom. The minimum Gasteiger partial charge on any atom is -0.467 e. The second-order valence-corrected chi connectivity index (χ2v) is 7.50.